The fourth-order valence-corrected chi connectivity index (χ4v) is 3.20. The molecule has 0 bridgehead atoms. The van der Waals surface area contributed by atoms with Gasteiger partial charge in [-0.05, 0) is 19.9 Å². The molecule has 0 amide bonds. The van der Waals surface area contributed by atoms with Crippen molar-refractivity contribution in [2.24, 2.45) is 0 Å². The Morgan fingerprint density at radius 3 is 2.35 bits per heavy atom. The summed E-state index contributed by atoms with van der Waals surface area (Å²) >= 11 is 0. The minimum atomic E-state index is -3.94. The van der Waals surface area contributed by atoms with Gasteiger partial charge in [-0.1, -0.05) is 0 Å². The molecule has 8 nitrogen and oxygen atoms in total. The van der Waals surface area contributed by atoms with Gasteiger partial charge in [0.2, 0.25) is 0 Å². The molecular formula is C11H16NO7P. The van der Waals surface area contributed by atoms with Crippen LogP contribution in [-0.2, 0) is 13.6 Å². The van der Waals surface area contributed by atoms with Crippen LogP contribution in [0.2, 0.25) is 0 Å². The van der Waals surface area contributed by atoms with Crippen LogP contribution in [0.1, 0.15) is 25.3 Å². The van der Waals surface area contributed by atoms with Gasteiger partial charge in [0.25, 0.3) is 5.69 Å². The van der Waals surface area contributed by atoms with E-state index in [0.717, 1.165) is 18.2 Å². The number of nitro groups is 1. The minimum Gasteiger partial charge on any atom is -0.508 e. The third-order valence-corrected chi connectivity index (χ3v) is 4.53. The fourth-order valence-electron chi connectivity index (χ4n) is 1.57. The zero-order valence-electron chi connectivity index (χ0n) is 11.1. The van der Waals surface area contributed by atoms with Crippen molar-refractivity contribution in [1.82, 2.24) is 0 Å². The molecule has 1 aromatic rings. The van der Waals surface area contributed by atoms with Gasteiger partial charge in [-0.15, -0.1) is 0 Å². The topological polar surface area (TPSA) is 119 Å². The highest BCUT2D eigenvalue weighted by molar-refractivity contribution is 7.54. The Balaban J connectivity index is 3.23. The van der Waals surface area contributed by atoms with Crippen molar-refractivity contribution in [3.05, 3.63) is 33.9 Å². The molecule has 112 valence electrons. The van der Waals surface area contributed by atoms with Crippen LogP contribution in [0.5, 0.6) is 5.75 Å². The summed E-state index contributed by atoms with van der Waals surface area (Å²) in [7, 11) is -3.94. The van der Waals surface area contributed by atoms with Crippen LogP contribution >= 0.6 is 7.60 Å². The molecule has 1 atom stereocenters. The Morgan fingerprint density at radius 1 is 1.35 bits per heavy atom. The van der Waals surface area contributed by atoms with Crippen molar-refractivity contribution in [3.8, 4) is 5.75 Å². The quantitative estimate of drug-likeness (QED) is 0.451. The van der Waals surface area contributed by atoms with E-state index in [1.54, 1.807) is 13.8 Å². The highest BCUT2D eigenvalue weighted by Gasteiger charge is 2.37. The normalized spacial score (nSPS) is 13.2. The lowest BCUT2D eigenvalue weighted by Gasteiger charge is -2.22. The van der Waals surface area contributed by atoms with Crippen LogP contribution in [0.15, 0.2) is 18.2 Å². The lowest BCUT2D eigenvalue weighted by atomic mass is 10.2. The smallest absolute Gasteiger partial charge is 0.363 e. The first kappa shape index (κ1) is 16.6. The lowest BCUT2D eigenvalue weighted by Crippen LogP contribution is -2.07. The third-order valence-electron chi connectivity index (χ3n) is 2.42. The second-order valence-electron chi connectivity index (χ2n) is 3.75. The highest BCUT2D eigenvalue weighted by Crippen LogP contribution is 2.60. The molecule has 0 aliphatic carbocycles. The number of nitro benzene ring substituents is 1. The average Bonchev–Trinajstić information content (AvgIpc) is 2.38. The first-order chi connectivity index (χ1) is 9.35. The third kappa shape index (κ3) is 3.55. The number of aromatic hydroxyl groups is 1. The number of rotatable bonds is 7. The van der Waals surface area contributed by atoms with Crippen LogP contribution in [0, 0.1) is 10.1 Å². The number of non-ortho nitro benzene ring substituents is 1. The molecule has 0 unspecified atom stereocenters. The standard InChI is InChI=1S/C11H16NO7P/c1-3-18-20(17,19-4-2)11(14)9-7-8(12(15)16)5-6-10(9)13/h5-7,11,13-14H,3-4H2,1-2H3/t11-/m1/s1. The van der Waals surface area contributed by atoms with Crippen LogP contribution in [0.3, 0.4) is 0 Å². The highest BCUT2D eigenvalue weighted by atomic mass is 31.2. The molecule has 1 aromatic carbocycles. The zero-order valence-corrected chi connectivity index (χ0v) is 11.9. The van der Waals surface area contributed by atoms with Crippen molar-refractivity contribution < 1.29 is 28.7 Å². The number of benzene rings is 1. The summed E-state index contributed by atoms with van der Waals surface area (Å²) in [5.41, 5.74) is -0.624. The predicted molar refractivity (Wildman–Crippen MR) is 70.6 cm³/mol. The van der Waals surface area contributed by atoms with E-state index in [-0.39, 0.29) is 24.5 Å². The van der Waals surface area contributed by atoms with Gasteiger partial charge in [-0.3, -0.25) is 14.7 Å². The van der Waals surface area contributed by atoms with E-state index in [9.17, 15) is 24.9 Å². The van der Waals surface area contributed by atoms with Gasteiger partial charge in [0, 0.05) is 17.7 Å². The van der Waals surface area contributed by atoms with Crippen molar-refractivity contribution in [2.45, 2.75) is 19.7 Å². The van der Waals surface area contributed by atoms with Crippen LogP contribution in [0.4, 0.5) is 5.69 Å². The molecule has 0 aliphatic rings. The summed E-state index contributed by atoms with van der Waals surface area (Å²) in [6.45, 7) is 3.16. The summed E-state index contributed by atoms with van der Waals surface area (Å²) < 4.78 is 22.3. The molecule has 0 fully saturated rings. The Kier molecular flexibility index (Phi) is 5.64. The van der Waals surface area contributed by atoms with E-state index < -0.39 is 24.1 Å². The predicted octanol–water partition coefficient (Wildman–Crippen LogP) is 2.56. The number of phenols is 1. The lowest BCUT2D eigenvalue weighted by molar-refractivity contribution is -0.385. The van der Waals surface area contributed by atoms with E-state index >= 15 is 0 Å². The number of nitrogens with zero attached hydrogens (tertiary/aromatic N) is 1. The van der Waals surface area contributed by atoms with Crippen LogP contribution in [0.25, 0.3) is 0 Å². The first-order valence-electron chi connectivity index (χ1n) is 5.89. The van der Waals surface area contributed by atoms with Gasteiger partial charge in [0.15, 0.2) is 5.85 Å². The monoisotopic (exact) mass is 305 g/mol. The Bertz CT molecular complexity index is 524. The number of aliphatic hydroxyl groups excluding tert-OH is 1. The minimum absolute atomic E-state index is 0.0179. The van der Waals surface area contributed by atoms with Crippen molar-refractivity contribution in [2.75, 3.05) is 13.2 Å². The van der Waals surface area contributed by atoms with Gasteiger partial charge in [-0.25, -0.2) is 0 Å². The summed E-state index contributed by atoms with van der Waals surface area (Å²) in [5.74, 6) is -2.23. The summed E-state index contributed by atoms with van der Waals surface area (Å²) in [5, 5.41) is 30.5. The molecule has 20 heavy (non-hydrogen) atoms. The van der Waals surface area contributed by atoms with Gasteiger partial charge in [0.1, 0.15) is 5.75 Å². The van der Waals surface area contributed by atoms with Gasteiger partial charge >= 0.3 is 7.60 Å². The molecule has 1 rings (SSSR count). The molecule has 0 aromatic heterocycles. The van der Waals surface area contributed by atoms with E-state index in [4.69, 9.17) is 9.05 Å². The molecule has 9 heteroatoms. The molecule has 0 radical (unpaired) electrons. The van der Waals surface area contributed by atoms with Crippen LogP contribution in [-0.4, -0.2) is 28.4 Å². The number of phenolic OH excluding ortho intramolecular Hbond substituents is 1. The van der Waals surface area contributed by atoms with Crippen molar-refractivity contribution in [1.29, 1.82) is 0 Å². The summed E-state index contributed by atoms with van der Waals surface area (Å²) in [6.07, 6.45) is 0. The van der Waals surface area contributed by atoms with E-state index in [1.165, 1.54) is 0 Å². The Hall–Kier alpha value is -1.47. The SMILES string of the molecule is CCOP(=O)(OCC)[C@@H](O)c1cc([N+](=O)[O-])ccc1O. The maximum atomic E-state index is 12.4. The van der Waals surface area contributed by atoms with Crippen LogP contribution < -0.4 is 0 Å². The second kappa shape index (κ2) is 6.81. The molecule has 0 spiro atoms. The number of aliphatic hydroxyl groups is 1. The van der Waals surface area contributed by atoms with E-state index in [1.807, 2.05) is 0 Å². The molecule has 0 aliphatic heterocycles. The Labute approximate surface area is 115 Å². The van der Waals surface area contributed by atoms with Gasteiger partial charge in [0.05, 0.1) is 18.1 Å². The molecule has 0 saturated carbocycles. The largest absolute Gasteiger partial charge is 0.508 e. The van der Waals surface area contributed by atoms with Gasteiger partial charge < -0.3 is 19.3 Å². The maximum absolute atomic E-state index is 12.4. The number of hydrogen-bond donors (Lipinski definition) is 2. The fraction of sp³-hybridized carbons (Fsp3) is 0.455. The summed E-state index contributed by atoms with van der Waals surface area (Å²) in [4.78, 5) is 10.0. The van der Waals surface area contributed by atoms with Gasteiger partial charge in [-0.2, -0.15) is 0 Å². The molecular weight excluding hydrogens is 289 g/mol. The van der Waals surface area contributed by atoms with E-state index in [2.05, 4.69) is 0 Å². The molecule has 2 N–H and O–H groups in total. The Morgan fingerprint density at radius 2 is 1.90 bits per heavy atom. The maximum Gasteiger partial charge on any atom is 0.363 e. The number of hydrogen-bond acceptors (Lipinski definition) is 7. The molecule has 0 heterocycles. The average molecular weight is 305 g/mol. The first-order valence-corrected chi connectivity index (χ1v) is 7.51. The van der Waals surface area contributed by atoms with Crippen molar-refractivity contribution in [3.63, 3.8) is 0 Å². The summed E-state index contributed by atoms with van der Waals surface area (Å²) in [6, 6.07) is 3.04. The second-order valence-corrected chi connectivity index (χ2v) is 5.83. The van der Waals surface area contributed by atoms with E-state index in [0.29, 0.717) is 0 Å². The zero-order chi connectivity index (χ0) is 15.3. The molecule has 0 saturated heterocycles. The van der Waals surface area contributed by atoms with Crippen molar-refractivity contribution >= 4 is 13.3 Å².